The Labute approximate surface area is 102 Å². The van der Waals surface area contributed by atoms with Gasteiger partial charge in [0, 0.05) is 22.4 Å². The van der Waals surface area contributed by atoms with Gasteiger partial charge in [0.15, 0.2) is 0 Å². The molecule has 2 rings (SSSR count). The topological polar surface area (TPSA) is 29.5 Å². The number of rotatable bonds is 3. The third kappa shape index (κ3) is 2.44. The van der Waals surface area contributed by atoms with Gasteiger partial charge in [0.25, 0.3) is 0 Å². The predicted octanol–water partition coefficient (Wildman–Crippen LogP) is 2.98. The predicted molar refractivity (Wildman–Crippen MR) is 65.3 cm³/mol. The lowest BCUT2D eigenvalue weighted by Gasteiger charge is -2.29. The van der Waals surface area contributed by atoms with Gasteiger partial charge in [-0.1, -0.05) is 0 Å². The van der Waals surface area contributed by atoms with Crippen LogP contribution in [0.5, 0.6) is 0 Å². The maximum absolute atomic E-state index is 10.2. The Hall–Kier alpha value is 0.1000. The van der Waals surface area contributed by atoms with Gasteiger partial charge < -0.3 is 9.84 Å². The van der Waals surface area contributed by atoms with Crippen LogP contribution in [0.3, 0.4) is 0 Å². The number of halogens is 1. The standard InChI is InChI=1S/C11H15BrO2S/c1-11(4-2-5-14-11)10(13)7-9-8(12)3-6-15-9/h3,6,10,13H,2,4-5,7H2,1H3. The summed E-state index contributed by atoms with van der Waals surface area (Å²) in [6.45, 7) is 2.78. The SMILES string of the molecule is CC1(C(O)Cc2sccc2Br)CCCO1. The smallest absolute Gasteiger partial charge is 0.0916 e. The van der Waals surface area contributed by atoms with E-state index < -0.39 is 6.10 Å². The Kier molecular flexibility index (Phi) is 3.50. The van der Waals surface area contributed by atoms with E-state index in [9.17, 15) is 5.11 Å². The fourth-order valence-corrected chi connectivity index (χ4v) is 3.48. The lowest BCUT2D eigenvalue weighted by atomic mass is 9.93. The van der Waals surface area contributed by atoms with Crippen LogP contribution in [0.1, 0.15) is 24.6 Å². The van der Waals surface area contributed by atoms with E-state index in [-0.39, 0.29) is 5.60 Å². The number of thiophene rings is 1. The van der Waals surface area contributed by atoms with Gasteiger partial charge in [0.1, 0.15) is 0 Å². The van der Waals surface area contributed by atoms with Crippen LogP contribution in [0, 0.1) is 0 Å². The van der Waals surface area contributed by atoms with E-state index in [1.165, 1.54) is 4.88 Å². The van der Waals surface area contributed by atoms with E-state index in [0.717, 1.165) is 23.9 Å². The van der Waals surface area contributed by atoms with Crippen molar-refractivity contribution in [2.75, 3.05) is 6.61 Å². The second-order valence-electron chi connectivity index (χ2n) is 4.18. The van der Waals surface area contributed by atoms with Crippen molar-refractivity contribution in [3.8, 4) is 0 Å². The molecule has 0 radical (unpaired) electrons. The number of hydrogen-bond donors (Lipinski definition) is 1. The molecular weight excluding hydrogens is 276 g/mol. The summed E-state index contributed by atoms with van der Waals surface area (Å²) in [5.41, 5.74) is -0.344. The first-order valence-corrected chi connectivity index (χ1v) is 6.83. The first-order chi connectivity index (χ1) is 7.12. The van der Waals surface area contributed by atoms with Crippen molar-refractivity contribution in [1.29, 1.82) is 0 Å². The van der Waals surface area contributed by atoms with Gasteiger partial charge in [-0.15, -0.1) is 11.3 Å². The molecule has 15 heavy (non-hydrogen) atoms. The molecule has 1 aromatic heterocycles. The van der Waals surface area contributed by atoms with Crippen molar-refractivity contribution in [3.63, 3.8) is 0 Å². The van der Waals surface area contributed by atoms with Crippen LogP contribution in [0.25, 0.3) is 0 Å². The Bertz CT molecular complexity index is 331. The van der Waals surface area contributed by atoms with Crippen molar-refractivity contribution in [1.82, 2.24) is 0 Å². The average Bonchev–Trinajstić information content (AvgIpc) is 2.78. The van der Waals surface area contributed by atoms with Crippen molar-refractivity contribution in [3.05, 3.63) is 20.8 Å². The van der Waals surface area contributed by atoms with Gasteiger partial charge in [-0.25, -0.2) is 0 Å². The Morgan fingerprint density at radius 3 is 3.07 bits per heavy atom. The van der Waals surface area contributed by atoms with Crippen LogP contribution in [0.4, 0.5) is 0 Å². The van der Waals surface area contributed by atoms with Gasteiger partial charge >= 0.3 is 0 Å². The zero-order valence-electron chi connectivity index (χ0n) is 8.70. The van der Waals surface area contributed by atoms with E-state index in [0.29, 0.717) is 6.42 Å². The first kappa shape index (κ1) is 11.6. The number of hydrogen-bond acceptors (Lipinski definition) is 3. The lowest BCUT2D eigenvalue weighted by molar-refractivity contribution is -0.0765. The zero-order valence-corrected chi connectivity index (χ0v) is 11.1. The maximum Gasteiger partial charge on any atom is 0.0916 e. The minimum atomic E-state index is -0.407. The van der Waals surface area contributed by atoms with E-state index >= 15 is 0 Å². The molecule has 1 aliphatic rings. The molecule has 2 heterocycles. The fraction of sp³-hybridized carbons (Fsp3) is 0.636. The van der Waals surface area contributed by atoms with Crippen molar-refractivity contribution >= 4 is 27.3 Å². The average molecular weight is 291 g/mol. The molecule has 1 aliphatic heterocycles. The number of ether oxygens (including phenoxy) is 1. The van der Waals surface area contributed by atoms with Gasteiger partial charge in [-0.05, 0) is 47.1 Å². The molecule has 0 aliphatic carbocycles. The Morgan fingerprint density at radius 2 is 2.53 bits per heavy atom. The molecule has 2 atom stereocenters. The second kappa shape index (κ2) is 4.53. The molecule has 1 aromatic rings. The highest BCUT2D eigenvalue weighted by Gasteiger charge is 2.37. The van der Waals surface area contributed by atoms with Crippen molar-refractivity contribution in [2.45, 2.75) is 37.9 Å². The summed E-state index contributed by atoms with van der Waals surface area (Å²) in [6.07, 6.45) is 2.28. The fourth-order valence-electron chi connectivity index (χ4n) is 1.93. The van der Waals surface area contributed by atoms with E-state index in [1.807, 2.05) is 18.4 Å². The van der Waals surface area contributed by atoms with Crippen LogP contribution >= 0.6 is 27.3 Å². The maximum atomic E-state index is 10.2. The lowest BCUT2D eigenvalue weighted by Crippen LogP contribution is -2.39. The largest absolute Gasteiger partial charge is 0.390 e. The molecule has 2 nitrogen and oxygen atoms in total. The number of aliphatic hydroxyl groups excluding tert-OH is 1. The Balaban J connectivity index is 2.03. The second-order valence-corrected chi connectivity index (χ2v) is 6.03. The summed E-state index contributed by atoms with van der Waals surface area (Å²) >= 11 is 5.15. The van der Waals surface area contributed by atoms with E-state index in [1.54, 1.807) is 11.3 Å². The summed E-state index contributed by atoms with van der Waals surface area (Å²) in [4.78, 5) is 1.19. The van der Waals surface area contributed by atoms with Crippen LogP contribution in [0.2, 0.25) is 0 Å². The molecule has 84 valence electrons. The summed E-state index contributed by atoms with van der Waals surface area (Å²) in [7, 11) is 0. The molecule has 0 saturated carbocycles. The Morgan fingerprint density at radius 1 is 1.73 bits per heavy atom. The van der Waals surface area contributed by atoms with E-state index in [4.69, 9.17) is 4.74 Å². The van der Waals surface area contributed by atoms with Gasteiger partial charge in [0.05, 0.1) is 11.7 Å². The third-order valence-corrected chi connectivity index (χ3v) is 4.97. The van der Waals surface area contributed by atoms with Gasteiger partial charge in [-0.2, -0.15) is 0 Å². The van der Waals surface area contributed by atoms with Crippen LogP contribution in [-0.2, 0) is 11.2 Å². The normalized spacial score (nSPS) is 28.2. The minimum absolute atomic E-state index is 0.344. The molecule has 1 fully saturated rings. The molecule has 1 saturated heterocycles. The van der Waals surface area contributed by atoms with Gasteiger partial charge in [0.2, 0.25) is 0 Å². The summed E-state index contributed by atoms with van der Waals surface area (Å²) < 4.78 is 6.72. The third-order valence-electron chi connectivity index (χ3n) is 3.02. The van der Waals surface area contributed by atoms with Crippen LogP contribution in [0.15, 0.2) is 15.9 Å². The molecule has 0 amide bonds. The molecular formula is C11H15BrO2S. The van der Waals surface area contributed by atoms with Crippen LogP contribution < -0.4 is 0 Å². The zero-order chi connectivity index (χ0) is 10.9. The van der Waals surface area contributed by atoms with Crippen molar-refractivity contribution in [2.24, 2.45) is 0 Å². The minimum Gasteiger partial charge on any atom is -0.390 e. The van der Waals surface area contributed by atoms with Crippen LogP contribution in [-0.4, -0.2) is 23.4 Å². The highest BCUT2D eigenvalue weighted by molar-refractivity contribution is 9.10. The molecule has 0 bridgehead atoms. The molecule has 4 heteroatoms. The molecule has 2 unspecified atom stereocenters. The summed E-state index contributed by atoms with van der Waals surface area (Å²) in [5.74, 6) is 0. The monoisotopic (exact) mass is 290 g/mol. The molecule has 0 spiro atoms. The number of aliphatic hydroxyl groups is 1. The highest BCUT2D eigenvalue weighted by atomic mass is 79.9. The summed E-state index contributed by atoms with van der Waals surface area (Å²) in [6, 6.07) is 2.02. The molecule has 0 aromatic carbocycles. The van der Waals surface area contributed by atoms with Crippen molar-refractivity contribution < 1.29 is 9.84 Å². The molecule has 1 N–H and O–H groups in total. The van der Waals surface area contributed by atoms with Gasteiger partial charge in [-0.3, -0.25) is 0 Å². The summed E-state index contributed by atoms with van der Waals surface area (Å²) in [5, 5.41) is 12.2. The highest BCUT2D eigenvalue weighted by Crippen LogP contribution is 2.32. The first-order valence-electron chi connectivity index (χ1n) is 5.16. The van der Waals surface area contributed by atoms with E-state index in [2.05, 4.69) is 15.9 Å². The quantitative estimate of drug-likeness (QED) is 0.927.